The van der Waals surface area contributed by atoms with E-state index < -0.39 is 0 Å². The maximum atomic E-state index is 11.6. The molecular weight excluding hydrogens is 274 g/mol. The van der Waals surface area contributed by atoms with Crippen LogP contribution in [0.5, 0.6) is 0 Å². The van der Waals surface area contributed by atoms with Crippen molar-refractivity contribution in [2.45, 2.75) is 32.2 Å². The summed E-state index contributed by atoms with van der Waals surface area (Å²) in [5, 5.41) is 12.0. The second-order valence-electron chi connectivity index (χ2n) is 5.46. The number of hydrogen-bond donors (Lipinski definition) is 1. The van der Waals surface area contributed by atoms with Crippen molar-refractivity contribution >= 4 is 5.91 Å². The lowest BCUT2D eigenvalue weighted by molar-refractivity contribution is -0.121. The molecule has 1 aromatic heterocycles. The summed E-state index contributed by atoms with van der Waals surface area (Å²) in [6.07, 6.45) is 6.06. The Morgan fingerprint density at radius 3 is 2.82 bits per heavy atom. The van der Waals surface area contributed by atoms with Crippen molar-refractivity contribution in [3.63, 3.8) is 0 Å². The zero-order chi connectivity index (χ0) is 15.5. The fraction of sp³-hybridized carbons (Fsp3) is 0.278. The van der Waals surface area contributed by atoms with Crippen LogP contribution in [0, 0.1) is 11.3 Å². The van der Waals surface area contributed by atoms with Crippen LogP contribution in [-0.4, -0.2) is 10.9 Å². The molecule has 22 heavy (non-hydrogen) atoms. The number of aromatic nitrogens is 1. The molecule has 1 heterocycles. The van der Waals surface area contributed by atoms with E-state index in [2.05, 4.69) is 16.4 Å². The van der Waals surface area contributed by atoms with Gasteiger partial charge in [-0.25, -0.2) is 0 Å². The minimum absolute atomic E-state index is 0.0632. The Morgan fingerprint density at radius 2 is 2.14 bits per heavy atom. The fourth-order valence-corrected chi connectivity index (χ4v) is 2.95. The quantitative estimate of drug-likeness (QED) is 0.944. The number of benzene rings is 1. The fourth-order valence-electron chi connectivity index (χ4n) is 2.95. The topological polar surface area (TPSA) is 65.8 Å². The zero-order valence-corrected chi connectivity index (χ0v) is 12.5. The Bertz CT molecular complexity index is 744. The van der Waals surface area contributed by atoms with Crippen LogP contribution in [0.3, 0.4) is 0 Å². The molecule has 1 N–H and O–H groups in total. The van der Waals surface area contributed by atoms with Gasteiger partial charge in [0.25, 0.3) is 0 Å². The molecular formula is C18H17N3O. The van der Waals surface area contributed by atoms with Gasteiger partial charge in [0.05, 0.1) is 17.7 Å². The molecule has 0 spiro atoms. The summed E-state index contributed by atoms with van der Waals surface area (Å²) in [5.74, 6) is 0.0710. The van der Waals surface area contributed by atoms with Gasteiger partial charge in [-0.3, -0.25) is 9.78 Å². The minimum Gasteiger partial charge on any atom is -0.349 e. The highest BCUT2D eigenvalue weighted by molar-refractivity contribution is 5.77. The van der Waals surface area contributed by atoms with Gasteiger partial charge in [-0.2, -0.15) is 5.26 Å². The third-order valence-corrected chi connectivity index (χ3v) is 4.13. The lowest BCUT2D eigenvalue weighted by atomic mass is 9.98. The van der Waals surface area contributed by atoms with Crippen molar-refractivity contribution in [3.05, 3.63) is 53.3 Å². The van der Waals surface area contributed by atoms with E-state index >= 15 is 0 Å². The van der Waals surface area contributed by atoms with Gasteiger partial charge in [-0.1, -0.05) is 19.1 Å². The molecule has 2 aromatic rings. The summed E-state index contributed by atoms with van der Waals surface area (Å²) in [5.41, 5.74) is 5.17. The molecule has 0 saturated heterocycles. The van der Waals surface area contributed by atoms with Crippen LogP contribution in [0.2, 0.25) is 0 Å². The zero-order valence-electron chi connectivity index (χ0n) is 12.5. The SMILES string of the molecule is CCC(=O)N[C@@H]1CCc2c(-c3ccc(C#N)cc3)cncc21. The highest BCUT2D eigenvalue weighted by atomic mass is 16.1. The summed E-state index contributed by atoms with van der Waals surface area (Å²) in [6.45, 7) is 1.86. The predicted octanol–water partition coefficient (Wildman–Crippen LogP) is 3.13. The summed E-state index contributed by atoms with van der Waals surface area (Å²) >= 11 is 0. The van der Waals surface area contributed by atoms with Gasteiger partial charge in [0.1, 0.15) is 0 Å². The van der Waals surface area contributed by atoms with E-state index in [9.17, 15) is 4.79 Å². The Morgan fingerprint density at radius 1 is 1.36 bits per heavy atom. The highest BCUT2D eigenvalue weighted by Gasteiger charge is 2.26. The number of pyridine rings is 1. The van der Waals surface area contributed by atoms with Crippen LogP contribution in [0.1, 0.15) is 42.5 Å². The van der Waals surface area contributed by atoms with Gasteiger partial charge < -0.3 is 5.32 Å². The van der Waals surface area contributed by atoms with Crippen LogP contribution in [0.4, 0.5) is 0 Å². The monoisotopic (exact) mass is 291 g/mol. The Balaban J connectivity index is 1.95. The van der Waals surface area contributed by atoms with Crippen molar-refractivity contribution in [1.29, 1.82) is 5.26 Å². The lowest BCUT2D eigenvalue weighted by Gasteiger charge is -2.14. The third-order valence-electron chi connectivity index (χ3n) is 4.13. The van der Waals surface area contributed by atoms with E-state index in [4.69, 9.17) is 5.26 Å². The van der Waals surface area contributed by atoms with Crippen LogP contribution >= 0.6 is 0 Å². The molecule has 110 valence electrons. The van der Waals surface area contributed by atoms with Crippen molar-refractivity contribution in [2.24, 2.45) is 0 Å². The summed E-state index contributed by atoms with van der Waals surface area (Å²) in [6, 6.07) is 9.74. The van der Waals surface area contributed by atoms with Gasteiger partial charge in [0.2, 0.25) is 5.91 Å². The molecule has 4 nitrogen and oxygen atoms in total. The molecule has 4 heteroatoms. The standard InChI is InChI=1S/C18H17N3O/c1-2-18(22)21-17-8-7-14-15(10-20-11-16(14)17)13-5-3-12(9-19)4-6-13/h3-6,10-11,17H,2,7-8H2,1H3,(H,21,22)/t17-/m1/s1. The second-order valence-corrected chi connectivity index (χ2v) is 5.46. The van der Waals surface area contributed by atoms with Crippen LogP contribution < -0.4 is 5.32 Å². The van der Waals surface area contributed by atoms with Crippen molar-refractivity contribution < 1.29 is 4.79 Å². The number of rotatable bonds is 3. The van der Waals surface area contributed by atoms with Gasteiger partial charge in [0.15, 0.2) is 0 Å². The second kappa shape index (κ2) is 5.98. The molecule has 0 saturated carbocycles. The first-order valence-corrected chi connectivity index (χ1v) is 7.49. The first-order chi connectivity index (χ1) is 10.7. The minimum atomic E-state index is 0.0632. The first-order valence-electron chi connectivity index (χ1n) is 7.49. The van der Waals surface area contributed by atoms with Crippen LogP contribution in [0.15, 0.2) is 36.7 Å². The number of carbonyl (C=O) groups is 1. The molecule has 0 bridgehead atoms. The highest BCUT2D eigenvalue weighted by Crippen LogP contribution is 2.37. The van der Waals surface area contributed by atoms with E-state index in [0.717, 1.165) is 29.5 Å². The van der Waals surface area contributed by atoms with Crippen molar-refractivity contribution in [2.75, 3.05) is 0 Å². The van der Waals surface area contributed by atoms with Crippen molar-refractivity contribution in [3.8, 4) is 17.2 Å². The molecule has 1 amide bonds. The van der Waals surface area contributed by atoms with E-state index in [0.29, 0.717) is 12.0 Å². The Kier molecular flexibility index (Phi) is 3.88. The molecule has 3 rings (SSSR count). The maximum Gasteiger partial charge on any atom is 0.220 e. The normalized spacial score (nSPS) is 15.9. The third kappa shape index (κ3) is 2.58. The first kappa shape index (κ1) is 14.3. The molecule has 0 aliphatic heterocycles. The summed E-state index contributed by atoms with van der Waals surface area (Å²) in [4.78, 5) is 16.0. The molecule has 1 atom stereocenters. The Hall–Kier alpha value is -2.67. The number of nitrogens with one attached hydrogen (secondary N) is 1. The van der Waals surface area contributed by atoms with E-state index in [1.54, 1.807) is 0 Å². The van der Waals surface area contributed by atoms with Gasteiger partial charge in [-0.05, 0) is 41.7 Å². The number of amides is 1. The average Bonchev–Trinajstić information content (AvgIpc) is 2.98. The Labute approximate surface area is 129 Å². The molecule has 0 fully saturated rings. The van der Waals surface area contributed by atoms with Gasteiger partial charge >= 0.3 is 0 Å². The lowest BCUT2D eigenvalue weighted by Crippen LogP contribution is -2.26. The number of nitrogens with zero attached hydrogens (tertiary/aromatic N) is 2. The van der Waals surface area contributed by atoms with E-state index in [-0.39, 0.29) is 11.9 Å². The number of carbonyl (C=O) groups excluding carboxylic acids is 1. The molecule has 0 unspecified atom stereocenters. The molecule has 0 radical (unpaired) electrons. The van der Waals surface area contributed by atoms with Gasteiger partial charge in [0, 0.05) is 24.4 Å². The number of hydrogen-bond acceptors (Lipinski definition) is 3. The smallest absolute Gasteiger partial charge is 0.220 e. The molecule has 1 aliphatic rings. The largest absolute Gasteiger partial charge is 0.349 e. The summed E-state index contributed by atoms with van der Waals surface area (Å²) in [7, 11) is 0. The van der Waals surface area contributed by atoms with Crippen LogP contribution in [0.25, 0.3) is 11.1 Å². The molecule has 1 aliphatic carbocycles. The number of nitriles is 1. The summed E-state index contributed by atoms with van der Waals surface area (Å²) < 4.78 is 0. The average molecular weight is 291 g/mol. The molecule has 1 aromatic carbocycles. The van der Waals surface area contributed by atoms with Crippen LogP contribution in [-0.2, 0) is 11.2 Å². The van der Waals surface area contributed by atoms with E-state index in [1.807, 2.05) is 43.6 Å². The van der Waals surface area contributed by atoms with E-state index in [1.165, 1.54) is 5.56 Å². The maximum absolute atomic E-state index is 11.6. The van der Waals surface area contributed by atoms with Crippen molar-refractivity contribution in [1.82, 2.24) is 10.3 Å². The van der Waals surface area contributed by atoms with Gasteiger partial charge in [-0.15, -0.1) is 0 Å². The number of fused-ring (bicyclic) bond motifs is 1. The predicted molar refractivity (Wildman–Crippen MR) is 83.9 cm³/mol.